The summed E-state index contributed by atoms with van der Waals surface area (Å²) in [5, 5.41) is 7.84. The van der Waals surface area contributed by atoms with Crippen molar-refractivity contribution in [2.75, 3.05) is 5.32 Å². The largest absolute Gasteiger partial charge is 0.378 e. The molecule has 0 aliphatic heterocycles. The lowest BCUT2D eigenvalue weighted by Gasteiger charge is -2.14. The topological polar surface area (TPSA) is 29.9 Å². The van der Waals surface area contributed by atoms with E-state index in [0.717, 1.165) is 17.8 Å². The lowest BCUT2D eigenvalue weighted by molar-refractivity contribution is 0.875. The molecule has 0 fully saturated rings. The number of hydrogen-bond acceptors (Lipinski definition) is 3. The van der Waals surface area contributed by atoms with Gasteiger partial charge in [0, 0.05) is 27.8 Å². The molecule has 2 heterocycles. The molecule has 0 amide bonds. The first-order chi connectivity index (χ1) is 10.3. The third-order valence-electron chi connectivity index (χ3n) is 3.46. The van der Waals surface area contributed by atoms with Gasteiger partial charge in [-0.05, 0) is 49.7 Å². The average molecular weight is 297 g/mol. The maximum absolute atomic E-state index is 4.27. The van der Waals surface area contributed by atoms with E-state index in [1.54, 1.807) is 6.20 Å². The van der Waals surface area contributed by atoms with Crippen molar-refractivity contribution in [2.24, 2.45) is 0 Å². The number of benzene rings is 1. The van der Waals surface area contributed by atoms with Gasteiger partial charge in [0.2, 0.25) is 0 Å². The Hall–Kier alpha value is -2.07. The second-order valence-electron chi connectivity index (χ2n) is 5.02. The minimum atomic E-state index is 0.308. The highest BCUT2D eigenvalue weighted by Crippen LogP contribution is 2.27. The van der Waals surface area contributed by atoms with Crippen LogP contribution < -0.4 is 5.32 Å². The number of aryl methyl sites for hydroxylation is 1. The molecule has 1 N–H and O–H groups in total. The Bertz CT molecular complexity index is 700. The molecule has 3 rings (SSSR count). The summed E-state index contributed by atoms with van der Waals surface area (Å²) in [6.07, 6.45) is 4.85. The Morgan fingerprint density at radius 1 is 1.24 bits per heavy atom. The zero-order valence-corrected chi connectivity index (χ0v) is 13.1. The smallest absolute Gasteiger partial charge is 0.0666 e. The van der Waals surface area contributed by atoms with Crippen LogP contribution in [0.15, 0.2) is 54.9 Å². The van der Waals surface area contributed by atoms with Crippen molar-refractivity contribution in [3.63, 3.8) is 0 Å². The normalized spacial score (nSPS) is 12.3. The second-order valence-corrected chi connectivity index (χ2v) is 6.22. The predicted octanol–water partition coefficient (Wildman–Crippen LogP) is 4.67. The number of thiophene rings is 1. The molecule has 0 radical (unpaired) electrons. The van der Waals surface area contributed by atoms with Crippen molar-refractivity contribution in [2.45, 2.75) is 26.3 Å². The first-order valence-electron chi connectivity index (χ1n) is 7.21. The monoisotopic (exact) mass is 297 g/mol. The van der Waals surface area contributed by atoms with Crippen molar-refractivity contribution in [1.82, 2.24) is 9.78 Å². The van der Waals surface area contributed by atoms with E-state index in [4.69, 9.17) is 0 Å². The molecule has 2 aromatic heterocycles. The van der Waals surface area contributed by atoms with Gasteiger partial charge >= 0.3 is 0 Å². The van der Waals surface area contributed by atoms with Crippen molar-refractivity contribution in [3.05, 3.63) is 64.6 Å². The summed E-state index contributed by atoms with van der Waals surface area (Å²) in [5.74, 6) is 0. The Morgan fingerprint density at radius 3 is 2.86 bits per heavy atom. The molecule has 0 aliphatic carbocycles. The molecule has 21 heavy (non-hydrogen) atoms. The van der Waals surface area contributed by atoms with Crippen LogP contribution in [0.25, 0.3) is 5.69 Å². The van der Waals surface area contributed by atoms with E-state index < -0.39 is 0 Å². The van der Waals surface area contributed by atoms with Gasteiger partial charge in [0.05, 0.1) is 11.7 Å². The highest BCUT2D eigenvalue weighted by molar-refractivity contribution is 7.12. The summed E-state index contributed by atoms with van der Waals surface area (Å²) in [5.41, 5.74) is 2.18. The number of nitrogens with one attached hydrogen (secondary N) is 1. The fourth-order valence-corrected chi connectivity index (χ4v) is 3.25. The van der Waals surface area contributed by atoms with Gasteiger partial charge in [0.15, 0.2) is 0 Å². The highest BCUT2D eigenvalue weighted by Gasteiger charge is 2.08. The fraction of sp³-hybridized carbons (Fsp3) is 0.235. The van der Waals surface area contributed by atoms with Crippen LogP contribution in [-0.2, 0) is 6.42 Å². The van der Waals surface area contributed by atoms with Gasteiger partial charge in [-0.3, -0.25) is 0 Å². The molecular formula is C17H19N3S. The fourth-order valence-electron chi connectivity index (χ4n) is 2.30. The molecule has 0 aliphatic rings. The molecule has 3 aromatic rings. The van der Waals surface area contributed by atoms with Crippen LogP contribution in [0.4, 0.5) is 5.69 Å². The van der Waals surface area contributed by atoms with Crippen molar-refractivity contribution in [3.8, 4) is 5.69 Å². The van der Waals surface area contributed by atoms with Gasteiger partial charge in [-0.25, -0.2) is 4.68 Å². The summed E-state index contributed by atoms with van der Waals surface area (Å²) in [6, 6.07) is 15.0. The Labute approximate surface area is 129 Å². The van der Waals surface area contributed by atoms with Gasteiger partial charge in [-0.2, -0.15) is 5.10 Å². The van der Waals surface area contributed by atoms with Gasteiger partial charge in [0.25, 0.3) is 0 Å². The Kier molecular flexibility index (Phi) is 4.06. The summed E-state index contributed by atoms with van der Waals surface area (Å²) < 4.78 is 1.87. The number of rotatable bonds is 5. The number of aromatic nitrogens is 2. The minimum absolute atomic E-state index is 0.308. The molecular weight excluding hydrogens is 278 g/mol. The summed E-state index contributed by atoms with van der Waals surface area (Å²) >= 11 is 1.88. The number of nitrogens with zero attached hydrogens (tertiary/aromatic N) is 2. The van der Waals surface area contributed by atoms with E-state index in [0.29, 0.717) is 6.04 Å². The molecule has 0 saturated heterocycles. The van der Waals surface area contributed by atoms with Crippen LogP contribution in [-0.4, -0.2) is 9.78 Å². The predicted molar refractivity (Wildman–Crippen MR) is 89.3 cm³/mol. The quantitative estimate of drug-likeness (QED) is 0.741. The van der Waals surface area contributed by atoms with E-state index in [2.05, 4.69) is 60.7 Å². The van der Waals surface area contributed by atoms with Crippen molar-refractivity contribution < 1.29 is 0 Å². The van der Waals surface area contributed by atoms with Gasteiger partial charge < -0.3 is 5.32 Å². The maximum Gasteiger partial charge on any atom is 0.0666 e. The highest BCUT2D eigenvalue weighted by atomic mass is 32.1. The summed E-state index contributed by atoms with van der Waals surface area (Å²) in [7, 11) is 0. The molecule has 3 nitrogen and oxygen atoms in total. The van der Waals surface area contributed by atoms with Crippen LogP contribution in [0.3, 0.4) is 0 Å². The van der Waals surface area contributed by atoms with E-state index in [-0.39, 0.29) is 0 Å². The van der Waals surface area contributed by atoms with Gasteiger partial charge in [0.1, 0.15) is 0 Å². The minimum Gasteiger partial charge on any atom is -0.378 e. The lowest BCUT2D eigenvalue weighted by Crippen LogP contribution is -2.05. The molecule has 1 atom stereocenters. The maximum atomic E-state index is 4.27. The van der Waals surface area contributed by atoms with E-state index in [1.165, 1.54) is 9.75 Å². The first kappa shape index (κ1) is 13.9. The third-order valence-corrected chi connectivity index (χ3v) is 4.87. The molecule has 4 heteroatoms. The van der Waals surface area contributed by atoms with E-state index in [1.807, 2.05) is 28.3 Å². The number of hydrogen-bond donors (Lipinski definition) is 1. The molecule has 0 bridgehead atoms. The molecule has 0 saturated carbocycles. The Balaban J connectivity index is 1.77. The third kappa shape index (κ3) is 3.16. The molecule has 1 unspecified atom stereocenters. The second kappa shape index (κ2) is 6.14. The lowest BCUT2D eigenvalue weighted by atomic mass is 10.2. The van der Waals surface area contributed by atoms with Crippen LogP contribution in [0.5, 0.6) is 0 Å². The molecule has 108 valence electrons. The van der Waals surface area contributed by atoms with Gasteiger partial charge in [-0.1, -0.05) is 13.0 Å². The van der Waals surface area contributed by atoms with E-state index in [9.17, 15) is 0 Å². The van der Waals surface area contributed by atoms with Gasteiger partial charge in [-0.15, -0.1) is 11.3 Å². The van der Waals surface area contributed by atoms with Crippen molar-refractivity contribution >= 4 is 17.0 Å². The van der Waals surface area contributed by atoms with Crippen LogP contribution in [0.2, 0.25) is 0 Å². The SMILES string of the molecule is CCc1ccc(C(C)Nc2cccc(-n3cccn3)c2)s1. The molecule has 1 aromatic carbocycles. The summed E-state index contributed by atoms with van der Waals surface area (Å²) in [6.45, 7) is 4.40. The van der Waals surface area contributed by atoms with E-state index >= 15 is 0 Å². The molecule has 0 spiro atoms. The summed E-state index contributed by atoms with van der Waals surface area (Å²) in [4.78, 5) is 2.81. The standard InChI is InChI=1S/C17H19N3S/c1-3-16-8-9-17(21-16)13(2)19-14-6-4-7-15(12-14)20-11-5-10-18-20/h4-13,19H,3H2,1-2H3. The zero-order chi connectivity index (χ0) is 14.7. The Morgan fingerprint density at radius 2 is 2.14 bits per heavy atom. The van der Waals surface area contributed by atoms with Crippen molar-refractivity contribution in [1.29, 1.82) is 0 Å². The van der Waals surface area contributed by atoms with Crippen LogP contribution in [0, 0.1) is 0 Å². The number of anilines is 1. The van der Waals surface area contributed by atoms with Crippen LogP contribution >= 0.6 is 11.3 Å². The van der Waals surface area contributed by atoms with Crippen LogP contribution in [0.1, 0.15) is 29.6 Å². The zero-order valence-electron chi connectivity index (χ0n) is 12.3. The average Bonchev–Trinajstić information content (AvgIpc) is 3.19. The first-order valence-corrected chi connectivity index (χ1v) is 8.03.